The molecule has 0 unspecified atom stereocenters. The number of amides is 1. The third-order valence-electron chi connectivity index (χ3n) is 6.23. The zero-order chi connectivity index (χ0) is 19.8. The molecule has 0 atom stereocenters. The molecular weight excluding hydrogens is 366 g/mol. The van der Waals surface area contributed by atoms with Crippen LogP contribution in [0.3, 0.4) is 0 Å². The van der Waals surface area contributed by atoms with Gasteiger partial charge in [0.15, 0.2) is 5.76 Å². The van der Waals surface area contributed by atoms with Gasteiger partial charge in [-0.05, 0) is 62.1 Å². The van der Waals surface area contributed by atoms with Crippen molar-refractivity contribution in [1.82, 2.24) is 20.2 Å². The highest BCUT2D eigenvalue weighted by Crippen LogP contribution is 2.30. The largest absolute Gasteiger partial charge is 0.463 e. The van der Waals surface area contributed by atoms with Gasteiger partial charge < -0.3 is 14.3 Å². The minimum absolute atomic E-state index is 0.186. The van der Waals surface area contributed by atoms with E-state index in [1.54, 1.807) is 6.26 Å². The number of aromatic amines is 1. The van der Waals surface area contributed by atoms with E-state index in [0.29, 0.717) is 17.0 Å². The molecule has 1 saturated heterocycles. The molecule has 0 aromatic carbocycles. The molecule has 1 amide bonds. The number of nitrogens with one attached hydrogen (secondary N) is 2. The van der Waals surface area contributed by atoms with E-state index in [9.17, 15) is 4.79 Å². The second-order valence-electron chi connectivity index (χ2n) is 8.20. The minimum Gasteiger partial charge on any atom is -0.463 e. The molecule has 0 bridgehead atoms. The van der Waals surface area contributed by atoms with E-state index in [1.807, 2.05) is 18.2 Å². The summed E-state index contributed by atoms with van der Waals surface area (Å²) < 4.78 is 5.49. The van der Waals surface area contributed by atoms with Crippen molar-refractivity contribution in [2.45, 2.75) is 32.2 Å². The Morgan fingerprint density at radius 1 is 1.21 bits per heavy atom. The Kier molecular flexibility index (Phi) is 4.85. The van der Waals surface area contributed by atoms with Crippen LogP contribution in [-0.2, 0) is 24.2 Å². The number of furan rings is 1. The van der Waals surface area contributed by atoms with Gasteiger partial charge in [0.25, 0.3) is 5.91 Å². The molecule has 2 N–H and O–H groups in total. The number of aromatic nitrogens is 1. The normalized spacial score (nSPS) is 22.0. The molecule has 4 heterocycles. The first-order valence-corrected chi connectivity index (χ1v) is 10.5. The summed E-state index contributed by atoms with van der Waals surface area (Å²) in [7, 11) is 2.18. The predicted molar refractivity (Wildman–Crippen MR) is 112 cm³/mol. The number of piperazine rings is 1. The van der Waals surface area contributed by atoms with Crippen LogP contribution >= 0.6 is 0 Å². The summed E-state index contributed by atoms with van der Waals surface area (Å²) in [6, 6.07) is 3.64. The second kappa shape index (κ2) is 7.65. The first-order valence-electron chi connectivity index (χ1n) is 10.5. The molecule has 2 aromatic rings. The Balaban J connectivity index is 1.51. The van der Waals surface area contributed by atoms with Crippen molar-refractivity contribution in [3.8, 4) is 0 Å². The van der Waals surface area contributed by atoms with Gasteiger partial charge in [0.1, 0.15) is 5.71 Å². The molecule has 2 aliphatic heterocycles. The fourth-order valence-electron chi connectivity index (χ4n) is 4.52. The summed E-state index contributed by atoms with van der Waals surface area (Å²) in [5, 5.41) is 4.20. The van der Waals surface area contributed by atoms with Gasteiger partial charge in [-0.2, -0.15) is 5.10 Å². The third-order valence-corrected chi connectivity index (χ3v) is 6.23. The molecule has 7 nitrogen and oxygen atoms in total. The lowest BCUT2D eigenvalue weighted by atomic mass is 9.93. The number of H-pyrrole nitrogens is 1. The van der Waals surface area contributed by atoms with Crippen LogP contribution in [0.15, 0.2) is 33.5 Å². The van der Waals surface area contributed by atoms with Gasteiger partial charge in [0, 0.05) is 44.1 Å². The SMILES string of the molecule is CN1CCN(Cc2c(C=C3C(=O)NN=C3c3ccco3)[nH]c3c2CCCC3)CC1. The minimum atomic E-state index is -0.186. The van der Waals surface area contributed by atoms with Gasteiger partial charge in [-0.3, -0.25) is 9.69 Å². The van der Waals surface area contributed by atoms with Crippen molar-refractivity contribution < 1.29 is 9.21 Å². The average molecular weight is 393 g/mol. The number of rotatable bonds is 4. The van der Waals surface area contributed by atoms with Gasteiger partial charge >= 0.3 is 0 Å². The van der Waals surface area contributed by atoms with Crippen LogP contribution < -0.4 is 5.43 Å². The Hall–Kier alpha value is -2.64. The zero-order valence-electron chi connectivity index (χ0n) is 16.8. The summed E-state index contributed by atoms with van der Waals surface area (Å²) >= 11 is 0. The quantitative estimate of drug-likeness (QED) is 0.781. The molecule has 1 fully saturated rings. The Morgan fingerprint density at radius 2 is 2.03 bits per heavy atom. The van der Waals surface area contributed by atoms with E-state index in [0.717, 1.165) is 51.3 Å². The molecule has 2 aromatic heterocycles. The number of carbonyl (C=O) groups excluding carboxylic acids is 1. The maximum Gasteiger partial charge on any atom is 0.273 e. The highest BCUT2D eigenvalue weighted by molar-refractivity contribution is 6.32. The molecule has 0 spiro atoms. The van der Waals surface area contributed by atoms with Gasteiger partial charge in [-0.1, -0.05) is 0 Å². The van der Waals surface area contributed by atoms with E-state index < -0.39 is 0 Å². The van der Waals surface area contributed by atoms with Crippen molar-refractivity contribution in [1.29, 1.82) is 0 Å². The summed E-state index contributed by atoms with van der Waals surface area (Å²) in [6.07, 6.45) is 8.22. The third kappa shape index (κ3) is 3.56. The van der Waals surface area contributed by atoms with Crippen LogP contribution in [0.4, 0.5) is 0 Å². The highest BCUT2D eigenvalue weighted by Gasteiger charge is 2.28. The van der Waals surface area contributed by atoms with Crippen LogP contribution in [0.2, 0.25) is 0 Å². The fraction of sp³-hybridized carbons (Fsp3) is 0.455. The van der Waals surface area contributed by atoms with E-state index in [1.165, 1.54) is 29.7 Å². The lowest BCUT2D eigenvalue weighted by molar-refractivity contribution is -0.116. The summed E-state index contributed by atoms with van der Waals surface area (Å²) in [4.78, 5) is 21.0. The summed E-state index contributed by atoms with van der Waals surface area (Å²) in [6.45, 7) is 5.27. The number of likely N-dealkylation sites (N-methyl/N-ethyl adjacent to an activating group) is 1. The standard InChI is InChI=1S/C22H27N5O2/c1-26-8-10-27(11-9-26)14-17-15-5-2-3-6-18(15)23-19(17)13-16-21(24-25-22(16)28)20-7-4-12-29-20/h4,7,12-13,23H,2-3,5-6,8-11,14H2,1H3,(H,25,28). The molecular formula is C22H27N5O2. The Morgan fingerprint density at radius 3 is 2.83 bits per heavy atom. The first-order chi connectivity index (χ1) is 14.2. The van der Waals surface area contributed by atoms with Crippen LogP contribution in [0.5, 0.6) is 0 Å². The number of carbonyl (C=O) groups is 1. The van der Waals surface area contributed by atoms with Crippen LogP contribution in [-0.4, -0.2) is 59.6 Å². The maximum absolute atomic E-state index is 12.5. The van der Waals surface area contributed by atoms with E-state index in [4.69, 9.17) is 4.42 Å². The molecule has 3 aliphatic rings. The van der Waals surface area contributed by atoms with E-state index >= 15 is 0 Å². The number of nitrogens with zero attached hydrogens (tertiary/aromatic N) is 3. The highest BCUT2D eigenvalue weighted by atomic mass is 16.3. The molecule has 7 heteroatoms. The van der Waals surface area contributed by atoms with Crippen LogP contribution in [0, 0.1) is 0 Å². The molecule has 29 heavy (non-hydrogen) atoms. The number of fused-ring (bicyclic) bond motifs is 1. The second-order valence-corrected chi connectivity index (χ2v) is 8.20. The number of hydrazone groups is 1. The first kappa shape index (κ1) is 18.4. The van der Waals surface area contributed by atoms with Gasteiger partial charge in [0.05, 0.1) is 11.8 Å². The topological polar surface area (TPSA) is 76.9 Å². The van der Waals surface area contributed by atoms with Gasteiger partial charge in [-0.25, -0.2) is 5.43 Å². The van der Waals surface area contributed by atoms with Crippen molar-refractivity contribution >= 4 is 17.7 Å². The van der Waals surface area contributed by atoms with Crippen molar-refractivity contribution in [3.63, 3.8) is 0 Å². The van der Waals surface area contributed by atoms with Crippen LogP contribution in [0.25, 0.3) is 6.08 Å². The number of hydrogen-bond acceptors (Lipinski definition) is 5. The fourth-order valence-corrected chi connectivity index (χ4v) is 4.52. The van der Waals surface area contributed by atoms with E-state index in [2.05, 4.69) is 32.4 Å². The number of hydrogen-bond donors (Lipinski definition) is 2. The maximum atomic E-state index is 12.5. The monoisotopic (exact) mass is 393 g/mol. The summed E-state index contributed by atoms with van der Waals surface area (Å²) in [5.74, 6) is 0.418. The van der Waals surface area contributed by atoms with Crippen molar-refractivity contribution in [2.75, 3.05) is 33.2 Å². The lowest BCUT2D eigenvalue weighted by Gasteiger charge is -2.32. The van der Waals surface area contributed by atoms with Crippen molar-refractivity contribution in [3.05, 3.63) is 52.2 Å². The van der Waals surface area contributed by atoms with Gasteiger partial charge in [0.2, 0.25) is 0 Å². The zero-order valence-corrected chi connectivity index (χ0v) is 16.8. The molecule has 0 saturated carbocycles. The van der Waals surface area contributed by atoms with Crippen LogP contribution in [0.1, 0.15) is 41.1 Å². The molecule has 1 aliphatic carbocycles. The smallest absolute Gasteiger partial charge is 0.273 e. The van der Waals surface area contributed by atoms with Gasteiger partial charge in [-0.15, -0.1) is 0 Å². The molecule has 0 radical (unpaired) electrons. The lowest BCUT2D eigenvalue weighted by Crippen LogP contribution is -2.44. The Labute approximate surface area is 170 Å². The predicted octanol–water partition coefficient (Wildman–Crippen LogP) is 2.15. The number of aryl methyl sites for hydroxylation is 1. The molecule has 5 rings (SSSR count). The Bertz CT molecular complexity index is 962. The summed E-state index contributed by atoms with van der Waals surface area (Å²) in [5.41, 5.74) is 8.89. The average Bonchev–Trinajstić information content (AvgIpc) is 3.45. The van der Waals surface area contributed by atoms with E-state index in [-0.39, 0.29) is 5.91 Å². The molecule has 152 valence electrons. The van der Waals surface area contributed by atoms with Crippen molar-refractivity contribution in [2.24, 2.45) is 5.10 Å².